The minimum absolute atomic E-state index is 0.235. The molecule has 0 bridgehead atoms. The fraction of sp³-hybridized carbons (Fsp3) is 0.111. The third-order valence-electron chi connectivity index (χ3n) is 4.34. The summed E-state index contributed by atoms with van der Waals surface area (Å²) < 4.78 is 21.8. The molecule has 140 valence electrons. The highest BCUT2D eigenvalue weighted by Crippen LogP contribution is 2.30. The van der Waals surface area contributed by atoms with Crippen molar-refractivity contribution >= 4 is 31.9 Å². The fourth-order valence-corrected chi connectivity index (χ4v) is 3.45. The van der Waals surface area contributed by atoms with Crippen LogP contribution in [0.25, 0.3) is 0 Å². The maximum atomic E-state index is 12.2. The first kappa shape index (κ1) is 18.1. The molecule has 2 aliphatic heterocycles. The Balaban J connectivity index is 1.33. The Morgan fingerprint density at radius 3 is 1.18 bits per heavy atom. The lowest BCUT2D eigenvalue weighted by Gasteiger charge is -2.10. The van der Waals surface area contributed by atoms with E-state index < -0.39 is 45.3 Å². The molecule has 0 N–H and O–H groups in total. The number of amides is 4. The lowest BCUT2D eigenvalue weighted by Crippen LogP contribution is -2.32. The molecule has 2 aromatic carbocycles. The second kappa shape index (κ2) is 7.05. The zero-order chi connectivity index (χ0) is 19.8. The number of rotatable bonds is 6. The molecule has 10 heteroatoms. The summed E-state index contributed by atoms with van der Waals surface area (Å²) in [5, 5.41) is 0. The van der Waals surface area contributed by atoms with E-state index in [-0.39, 0.29) is 22.3 Å². The molecule has 0 radical (unpaired) electrons. The van der Waals surface area contributed by atoms with Crippen LogP contribution in [0.3, 0.4) is 0 Å². The number of fused-ring (bicyclic) bond motifs is 2. The van der Waals surface area contributed by atoms with Crippen LogP contribution in [0, 0.1) is 0 Å². The third-order valence-corrected chi connectivity index (χ3v) is 4.99. The highest BCUT2D eigenvalue weighted by atomic mass is 31.1. The first-order valence-corrected chi connectivity index (χ1v) is 9.22. The van der Waals surface area contributed by atoms with Crippen molar-refractivity contribution in [3.05, 3.63) is 70.8 Å². The van der Waals surface area contributed by atoms with Crippen molar-refractivity contribution in [2.24, 2.45) is 0 Å². The maximum Gasteiger partial charge on any atom is 0.701 e. The Kier molecular flexibility index (Phi) is 4.56. The van der Waals surface area contributed by atoms with Crippen LogP contribution in [-0.4, -0.2) is 46.9 Å². The monoisotopic (exact) mass is 399 g/mol. The number of benzene rings is 2. The number of carbonyl (C=O) groups excluding carboxylic acids is 4. The zero-order valence-electron chi connectivity index (χ0n) is 14.2. The van der Waals surface area contributed by atoms with Crippen molar-refractivity contribution in [3.63, 3.8) is 0 Å². The molecular formula is C18H12N2O7P+. The Morgan fingerprint density at radius 1 is 0.607 bits per heavy atom. The average Bonchev–Trinajstić information content (AvgIpc) is 3.10. The van der Waals surface area contributed by atoms with E-state index in [1.807, 2.05) is 0 Å². The van der Waals surface area contributed by atoms with Crippen molar-refractivity contribution < 1.29 is 32.8 Å². The molecule has 9 nitrogen and oxygen atoms in total. The lowest BCUT2D eigenvalue weighted by atomic mass is 10.1. The first-order valence-electron chi connectivity index (χ1n) is 8.12. The van der Waals surface area contributed by atoms with Gasteiger partial charge in [0.05, 0.1) is 22.3 Å². The van der Waals surface area contributed by atoms with Crippen molar-refractivity contribution in [2.75, 3.05) is 13.5 Å². The van der Waals surface area contributed by atoms with Crippen molar-refractivity contribution in [1.29, 1.82) is 0 Å². The van der Waals surface area contributed by atoms with Crippen LogP contribution in [-0.2, 0) is 13.6 Å². The minimum Gasteiger partial charge on any atom is -0.268 e. The van der Waals surface area contributed by atoms with Gasteiger partial charge in [0.2, 0.25) is 0 Å². The maximum absolute atomic E-state index is 12.2. The number of nitrogens with zero attached hydrogens (tertiary/aromatic N) is 2. The van der Waals surface area contributed by atoms with E-state index in [1.165, 1.54) is 24.3 Å². The Hall–Kier alpha value is -3.26. The summed E-state index contributed by atoms with van der Waals surface area (Å²) in [6.45, 7) is -1.16. The number of hydrogen-bond acceptors (Lipinski definition) is 7. The van der Waals surface area contributed by atoms with Crippen molar-refractivity contribution in [3.8, 4) is 0 Å². The van der Waals surface area contributed by atoms with Crippen molar-refractivity contribution in [1.82, 2.24) is 9.80 Å². The van der Waals surface area contributed by atoms with Gasteiger partial charge in [0, 0.05) is 4.57 Å². The summed E-state index contributed by atoms with van der Waals surface area (Å²) >= 11 is 0. The topological polar surface area (TPSA) is 110 Å². The minimum atomic E-state index is -2.78. The highest BCUT2D eigenvalue weighted by Gasteiger charge is 2.40. The quantitative estimate of drug-likeness (QED) is 0.541. The van der Waals surface area contributed by atoms with Crippen LogP contribution in [0.4, 0.5) is 0 Å². The molecule has 0 aromatic heterocycles. The summed E-state index contributed by atoms with van der Waals surface area (Å²) in [5.41, 5.74) is 0.938. The van der Waals surface area contributed by atoms with E-state index in [9.17, 15) is 23.7 Å². The summed E-state index contributed by atoms with van der Waals surface area (Å²) in [7, 11) is -2.78. The molecule has 28 heavy (non-hydrogen) atoms. The van der Waals surface area contributed by atoms with Crippen LogP contribution in [0.2, 0.25) is 0 Å². The third kappa shape index (κ3) is 2.91. The fourth-order valence-electron chi connectivity index (χ4n) is 2.96. The highest BCUT2D eigenvalue weighted by molar-refractivity contribution is 7.33. The standard InChI is InChI=1S/C18H12N2O7P/c21-15-11-5-1-2-6-12(11)16(22)19(15)9-26-28(25)27-10-20-17(23)13-7-3-4-8-14(13)18(20)24/h1-8H,9-10H2/q+1. The van der Waals surface area contributed by atoms with Gasteiger partial charge in [-0.3, -0.25) is 19.2 Å². The van der Waals surface area contributed by atoms with Gasteiger partial charge in [0.1, 0.15) is 0 Å². The molecule has 0 aliphatic carbocycles. The largest absolute Gasteiger partial charge is 0.701 e. The van der Waals surface area contributed by atoms with Gasteiger partial charge in [-0.2, -0.15) is 0 Å². The number of hydrogen-bond donors (Lipinski definition) is 0. The Morgan fingerprint density at radius 2 is 0.893 bits per heavy atom. The normalized spacial score (nSPS) is 15.3. The SMILES string of the molecule is O=C1c2ccccc2C(=O)N1CO[P+](=O)OCN1C(=O)c2ccccc2C1=O. The molecule has 4 amide bonds. The smallest absolute Gasteiger partial charge is 0.268 e. The Bertz CT molecular complexity index is 900. The summed E-state index contributed by atoms with van der Waals surface area (Å²) in [5.74, 6) is -2.26. The first-order chi connectivity index (χ1) is 13.5. The molecule has 0 spiro atoms. The summed E-state index contributed by atoms with van der Waals surface area (Å²) in [6, 6.07) is 12.5. The van der Waals surface area contributed by atoms with Crippen LogP contribution in [0.1, 0.15) is 41.4 Å². The molecule has 2 aliphatic rings. The number of carbonyl (C=O) groups is 4. The second-order valence-corrected chi connectivity index (χ2v) is 6.87. The number of imide groups is 2. The van der Waals surface area contributed by atoms with E-state index in [2.05, 4.69) is 0 Å². The van der Waals surface area contributed by atoms with Gasteiger partial charge in [-0.15, -0.1) is 0 Å². The summed E-state index contributed by atoms with van der Waals surface area (Å²) in [4.78, 5) is 50.4. The zero-order valence-corrected chi connectivity index (χ0v) is 15.1. The van der Waals surface area contributed by atoms with Gasteiger partial charge >= 0.3 is 8.25 Å². The van der Waals surface area contributed by atoms with E-state index in [4.69, 9.17) is 9.05 Å². The average molecular weight is 399 g/mol. The van der Waals surface area contributed by atoms with Gasteiger partial charge in [0.25, 0.3) is 23.6 Å². The molecule has 4 rings (SSSR count). The molecule has 0 saturated carbocycles. The van der Waals surface area contributed by atoms with Gasteiger partial charge in [0.15, 0.2) is 13.5 Å². The van der Waals surface area contributed by atoms with Crippen molar-refractivity contribution in [2.45, 2.75) is 0 Å². The van der Waals surface area contributed by atoms with Crippen LogP contribution < -0.4 is 0 Å². The second-order valence-electron chi connectivity index (χ2n) is 5.91. The molecule has 2 heterocycles. The molecule has 0 atom stereocenters. The lowest BCUT2D eigenvalue weighted by molar-refractivity contribution is 0.0455. The van der Waals surface area contributed by atoms with E-state index >= 15 is 0 Å². The summed E-state index contributed by atoms with van der Waals surface area (Å²) in [6.07, 6.45) is 0. The van der Waals surface area contributed by atoms with E-state index in [1.54, 1.807) is 24.3 Å². The van der Waals surface area contributed by atoms with E-state index in [0.717, 1.165) is 9.80 Å². The predicted molar refractivity (Wildman–Crippen MR) is 93.4 cm³/mol. The molecule has 0 saturated heterocycles. The van der Waals surface area contributed by atoms with Crippen LogP contribution >= 0.6 is 8.25 Å². The van der Waals surface area contributed by atoms with Crippen LogP contribution in [0.15, 0.2) is 48.5 Å². The van der Waals surface area contributed by atoms with Crippen LogP contribution in [0.5, 0.6) is 0 Å². The van der Waals surface area contributed by atoms with Gasteiger partial charge in [-0.05, 0) is 24.3 Å². The van der Waals surface area contributed by atoms with Gasteiger partial charge in [-0.1, -0.05) is 33.3 Å². The molecule has 2 aromatic rings. The van der Waals surface area contributed by atoms with Gasteiger partial charge in [-0.25, -0.2) is 9.80 Å². The molecule has 0 unspecified atom stereocenters. The Labute approximate surface area is 159 Å². The predicted octanol–water partition coefficient (Wildman–Crippen LogP) is 2.18. The van der Waals surface area contributed by atoms with Gasteiger partial charge < -0.3 is 0 Å². The van der Waals surface area contributed by atoms with E-state index in [0.29, 0.717) is 0 Å². The molecular weight excluding hydrogens is 387 g/mol. The molecule has 0 fully saturated rings.